The van der Waals surface area contributed by atoms with Crippen LogP contribution < -0.4 is 11.3 Å². The van der Waals surface area contributed by atoms with Gasteiger partial charge in [-0.15, -0.1) is 0 Å². The van der Waals surface area contributed by atoms with Crippen molar-refractivity contribution in [2.24, 2.45) is 5.73 Å². The van der Waals surface area contributed by atoms with Crippen LogP contribution in [0.5, 0.6) is 0 Å². The Balaban J connectivity index is 2.03. The van der Waals surface area contributed by atoms with Crippen molar-refractivity contribution in [1.29, 1.82) is 0 Å². The maximum Gasteiger partial charge on any atom is 0.267 e. The third-order valence-corrected chi connectivity index (χ3v) is 3.50. The third kappa shape index (κ3) is 2.12. The molecule has 3 aromatic rings. The van der Waals surface area contributed by atoms with Crippen molar-refractivity contribution >= 4 is 10.9 Å². The number of benzene rings is 1. The first-order valence-electron chi connectivity index (χ1n) is 6.51. The smallest absolute Gasteiger partial charge is 0.267 e. The molecule has 0 spiro atoms. The molecule has 0 atom stereocenters. The van der Waals surface area contributed by atoms with E-state index in [-0.39, 0.29) is 5.56 Å². The van der Waals surface area contributed by atoms with Crippen LogP contribution in [0.15, 0.2) is 41.3 Å². The average molecular weight is 268 g/mol. The van der Waals surface area contributed by atoms with Gasteiger partial charge in [0.2, 0.25) is 0 Å². The fourth-order valence-electron chi connectivity index (χ4n) is 2.37. The Hall–Kier alpha value is -2.40. The van der Waals surface area contributed by atoms with Crippen molar-refractivity contribution in [2.45, 2.75) is 20.0 Å². The van der Waals surface area contributed by atoms with E-state index in [0.29, 0.717) is 13.1 Å². The Morgan fingerprint density at radius 1 is 1.30 bits per heavy atom. The number of hydrogen-bond donors (Lipinski definition) is 2. The van der Waals surface area contributed by atoms with Crippen LogP contribution in [-0.4, -0.2) is 14.8 Å². The molecule has 0 unspecified atom stereocenters. The first-order chi connectivity index (χ1) is 9.69. The number of nitrogens with zero attached hydrogens (tertiary/aromatic N) is 2. The molecule has 0 radical (unpaired) electrons. The Morgan fingerprint density at radius 2 is 2.10 bits per heavy atom. The lowest BCUT2D eigenvalue weighted by atomic mass is 10.2. The molecule has 0 aliphatic rings. The highest BCUT2D eigenvalue weighted by Gasteiger charge is 2.08. The minimum Gasteiger partial charge on any atom is -0.361 e. The van der Waals surface area contributed by atoms with Gasteiger partial charge in [0.05, 0.1) is 12.2 Å². The summed E-state index contributed by atoms with van der Waals surface area (Å²) in [5.74, 6) is 0. The van der Waals surface area contributed by atoms with Gasteiger partial charge in [0.1, 0.15) is 0 Å². The van der Waals surface area contributed by atoms with E-state index in [1.54, 1.807) is 6.07 Å². The van der Waals surface area contributed by atoms with E-state index in [1.807, 2.05) is 37.4 Å². The van der Waals surface area contributed by atoms with E-state index >= 15 is 0 Å². The van der Waals surface area contributed by atoms with Gasteiger partial charge >= 0.3 is 0 Å². The van der Waals surface area contributed by atoms with Crippen LogP contribution in [0.2, 0.25) is 0 Å². The normalized spacial score (nSPS) is 11.1. The van der Waals surface area contributed by atoms with Gasteiger partial charge in [-0.25, -0.2) is 4.68 Å². The average Bonchev–Trinajstić information content (AvgIpc) is 2.86. The summed E-state index contributed by atoms with van der Waals surface area (Å²) >= 11 is 0. The highest BCUT2D eigenvalue weighted by atomic mass is 16.1. The molecule has 0 aliphatic heterocycles. The zero-order valence-corrected chi connectivity index (χ0v) is 11.3. The Morgan fingerprint density at radius 3 is 2.90 bits per heavy atom. The Bertz CT molecular complexity index is 816. The van der Waals surface area contributed by atoms with E-state index in [4.69, 9.17) is 5.73 Å². The van der Waals surface area contributed by atoms with Crippen molar-refractivity contribution in [1.82, 2.24) is 14.8 Å². The summed E-state index contributed by atoms with van der Waals surface area (Å²) in [6.45, 7) is 2.66. The van der Waals surface area contributed by atoms with Crippen molar-refractivity contribution in [2.75, 3.05) is 0 Å². The first kappa shape index (κ1) is 12.6. The van der Waals surface area contributed by atoms with Gasteiger partial charge in [0.15, 0.2) is 0 Å². The molecule has 5 heteroatoms. The molecule has 102 valence electrons. The van der Waals surface area contributed by atoms with Gasteiger partial charge in [0.25, 0.3) is 5.56 Å². The quantitative estimate of drug-likeness (QED) is 0.756. The van der Waals surface area contributed by atoms with Crippen LogP contribution in [0.1, 0.15) is 16.8 Å². The molecular formula is C15H16N4O. The fraction of sp³-hybridized carbons (Fsp3) is 0.200. The summed E-state index contributed by atoms with van der Waals surface area (Å²) in [6, 6.07) is 9.58. The van der Waals surface area contributed by atoms with Crippen LogP contribution >= 0.6 is 0 Å². The summed E-state index contributed by atoms with van der Waals surface area (Å²) in [7, 11) is 0. The third-order valence-electron chi connectivity index (χ3n) is 3.50. The van der Waals surface area contributed by atoms with Gasteiger partial charge in [-0.3, -0.25) is 4.79 Å². The number of H-pyrrole nitrogens is 1. The van der Waals surface area contributed by atoms with E-state index in [2.05, 4.69) is 10.1 Å². The highest BCUT2D eigenvalue weighted by molar-refractivity contribution is 5.82. The van der Waals surface area contributed by atoms with Crippen LogP contribution in [0, 0.1) is 6.92 Å². The second-order valence-corrected chi connectivity index (χ2v) is 4.81. The van der Waals surface area contributed by atoms with Crippen molar-refractivity contribution in [3.8, 4) is 0 Å². The van der Waals surface area contributed by atoms with E-state index in [0.717, 1.165) is 27.7 Å². The first-order valence-corrected chi connectivity index (χ1v) is 6.51. The van der Waals surface area contributed by atoms with Gasteiger partial charge < -0.3 is 10.7 Å². The molecule has 3 N–H and O–H groups in total. The van der Waals surface area contributed by atoms with E-state index < -0.39 is 0 Å². The number of rotatable bonds is 3. The standard InChI is InChI=1S/C15H16N4O/c1-10-11(7-16)6-15(20)19(18-10)9-12-8-17-14-5-3-2-4-13(12)14/h2-6,8,17H,7,9,16H2,1H3. The fourth-order valence-corrected chi connectivity index (χ4v) is 2.37. The molecule has 0 amide bonds. The number of hydrogen-bond acceptors (Lipinski definition) is 3. The summed E-state index contributed by atoms with van der Waals surface area (Å²) in [5, 5.41) is 5.45. The zero-order chi connectivity index (χ0) is 14.1. The Kier molecular flexibility index (Phi) is 3.12. The number of nitrogens with one attached hydrogen (secondary N) is 1. The lowest BCUT2D eigenvalue weighted by molar-refractivity contribution is 0.624. The molecule has 0 saturated carbocycles. The number of fused-ring (bicyclic) bond motifs is 1. The van der Waals surface area contributed by atoms with Crippen molar-refractivity contribution in [3.63, 3.8) is 0 Å². The topological polar surface area (TPSA) is 76.7 Å². The molecule has 0 bridgehead atoms. The molecule has 2 heterocycles. The molecule has 1 aromatic carbocycles. The molecule has 5 nitrogen and oxygen atoms in total. The zero-order valence-electron chi connectivity index (χ0n) is 11.3. The second-order valence-electron chi connectivity index (χ2n) is 4.81. The van der Waals surface area contributed by atoms with Gasteiger partial charge in [-0.2, -0.15) is 5.10 Å². The largest absolute Gasteiger partial charge is 0.361 e. The minimum absolute atomic E-state index is 0.124. The number of aromatic amines is 1. The van der Waals surface area contributed by atoms with Crippen molar-refractivity contribution < 1.29 is 0 Å². The SMILES string of the molecule is Cc1nn(Cc2c[nH]c3ccccc23)c(=O)cc1CN. The number of aryl methyl sites for hydroxylation is 1. The predicted octanol–water partition coefficient (Wildman–Crippen LogP) is 1.54. The lowest BCUT2D eigenvalue weighted by Gasteiger charge is -2.07. The molecule has 20 heavy (non-hydrogen) atoms. The predicted molar refractivity (Wildman–Crippen MR) is 78.5 cm³/mol. The molecule has 2 aromatic heterocycles. The summed E-state index contributed by atoms with van der Waals surface area (Å²) < 4.78 is 1.48. The summed E-state index contributed by atoms with van der Waals surface area (Å²) in [5.41, 5.74) is 9.17. The monoisotopic (exact) mass is 268 g/mol. The van der Waals surface area contributed by atoms with E-state index in [9.17, 15) is 4.79 Å². The highest BCUT2D eigenvalue weighted by Crippen LogP contribution is 2.18. The molecule has 3 rings (SSSR count). The number of nitrogens with two attached hydrogens (primary N) is 1. The maximum absolute atomic E-state index is 12.0. The minimum atomic E-state index is -0.124. The summed E-state index contributed by atoms with van der Waals surface area (Å²) in [6.07, 6.45) is 1.92. The molecule has 0 fully saturated rings. The van der Waals surface area contributed by atoms with Crippen LogP contribution in [0.3, 0.4) is 0 Å². The summed E-state index contributed by atoms with van der Waals surface area (Å²) in [4.78, 5) is 15.3. The molecular weight excluding hydrogens is 252 g/mol. The molecule has 0 aliphatic carbocycles. The maximum atomic E-state index is 12.0. The number of aromatic nitrogens is 3. The van der Waals surface area contributed by atoms with Gasteiger partial charge in [0, 0.05) is 29.7 Å². The number of para-hydroxylation sites is 1. The second kappa shape index (κ2) is 4.94. The van der Waals surface area contributed by atoms with Crippen molar-refractivity contribution in [3.05, 3.63) is 63.7 Å². The van der Waals surface area contributed by atoms with Crippen LogP contribution in [-0.2, 0) is 13.1 Å². The van der Waals surface area contributed by atoms with Crippen LogP contribution in [0.25, 0.3) is 10.9 Å². The molecule has 0 saturated heterocycles. The van der Waals surface area contributed by atoms with Crippen LogP contribution in [0.4, 0.5) is 0 Å². The van der Waals surface area contributed by atoms with Gasteiger partial charge in [-0.1, -0.05) is 18.2 Å². The van der Waals surface area contributed by atoms with Gasteiger partial charge in [-0.05, 0) is 24.1 Å². The lowest BCUT2D eigenvalue weighted by Crippen LogP contribution is -2.25. The Labute approximate surface area is 116 Å². The van der Waals surface area contributed by atoms with E-state index in [1.165, 1.54) is 4.68 Å².